The highest BCUT2D eigenvalue weighted by atomic mass is 35.5. The highest BCUT2D eigenvalue weighted by molar-refractivity contribution is 8.00. The predicted octanol–water partition coefficient (Wildman–Crippen LogP) is 3.73. The van der Waals surface area contributed by atoms with E-state index < -0.39 is 5.25 Å². The van der Waals surface area contributed by atoms with Crippen LogP contribution in [0.2, 0.25) is 5.15 Å². The summed E-state index contributed by atoms with van der Waals surface area (Å²) >= 11 is 7.29. The van der Waals surface area contributed by atoms with Gasteiger partial charge in [0.25, 0.3) is 0 Å². The van der Waals surface area contributed by atoms with E-state index in [9.17, 15) is 4.79 Å². The van der Waals surface area contributed by atoms with E-state index in [1.807, 2.05) is 17.6 Å². The van der Waals surface area contributed by atoms with Crippen molar-refractivity contribution < 1.29 is 9.21 Å². The Labute approximate surface area is 153 Å². The fraction of sp³-hybridized carbons (Fsp3) is 0.250. The first kappa shape index (κ1) is 17.5. The summed E-state index contributed by atoms with van der Waals surface area (Å²) in [5.74, 6) is 1.09. The van der Waals surface area contributed by atoms with Crippen molar-refractivity contribution in [1.82, 2.24) is 19.7 Å². The first-order valence-corrected chi connectivity index (χ1v) is 8.91. The van der Waals surface area contributed by atoms with Crippen molar-refractivity contribution in [2.45, 2.75) is 30.8 Å². The molecule has 1 amide bonds. The number of carbonyl (C=O) groups excluding carboxylic acids is 1. The Kier molecular flexibility index (Phi) is 5.40. The van der Waals surface area contributed by atoms with Crippen molar-refractivity contribution in [3.8, 4) is 11.6 Å². The number of halogens is 1. The molecule has 0 fully saturated rings. The number of rotatable bonds is 6. The monoisotopic (exact) mass is 377 g/mol. The molecule has 1 atom stereocenters. The third kappa shape index (κ3) is 3.85. The van der Waals surface area contributed by atoms with Gasteiger partial charge in [0, 0.05) is 12.7 Å². The van der Waals surface area contributed by atoms with Gasteiger partial charge in [0.05, 0.1) is 17.2 Å². The summed E-state index contributed by atoms with van der Waals surface area (Å²) in [6.45, 7) is 4.44. The van der Waals surface area contributed by atoms with Gasteiger partial charge in [-0.2, -0.15) is 0 Å². The van der Waals surface area contributed by atoms with Crippen LogP contribution in [0.25, 0.3) is 11.6 Å². The highest BCUT2D eigenvalue weighted by Crippen LogP contribution is 2.28. The molecule has 7 nitrogen and oxygen atoms in total. The maximum atomic E-state index is 12.4. The lowest BCUT2D eigenvalue weighted by Crippen LogP contribution is -2.23. The second-order valence-electron chi connectivity index (χ2n) is 5.12. The van der Waals surface area contributed by atoms with Gasteiger partial charge in [-0.3, -0.25) is 9.36 Å². The van der Waals surface area contributed by atoms with Gasteiger partial charge in [-0.15, -0.1) is 10.2 Å². The molecule has 3 heterocycles. The second kappa shape index (κ2) is 7.71. The molecule has 130 valence electrons. The maximum absolute atomic E-state index is 12.4. The van der Waals surface area contributed by atoms with Crippen LogP contribution in [-0.2, 0) is 11.3 Å². The summed E-state index contributed by atoms with van der Waals surface area (Å²) in [4.78, 5) is 16.4. The van der Waals surface area contributed by atoms with E-state index in [2.05, 4.69) is 20.5 Å². The molecule has 1 N–H and O–H groups in total. The molecule has 0 radical (unpaired) electrons. The minimum absolute atomic E-state index is 0.190. The molecule has 3 aromatic rings. The molecule has 0 aliphatic rings. The van der Waals surface area contributed by atoms with E-state index in [1.54, 1.807) is 37.6 Å². The number of hydrogen-bond acceptors (Lipinski definition) is 6. The van der Waals surface area contributed by atoms with Gasteiger partial charge in [-0.25, -0.2) is 4.98 Å². The van der Waals surface area contributed by atoms with E-state index in [0.717, 1.165) is 0 Å². The lowest BCUT2D eigenvalue weighted by molar-refractivity contribution is -0.115. The molecule has 25 heavy (non-hydrogen) atoms. The Morgan fingerprint density at radius 3 is 2.92 bits per heavy atom. The summed E-state index contributed by atoms with van der Waals surface area (Å²) in [7, 11) is 0. The molecule has 0 aliphatic heterocycles. The fourth-order valence-corrected chi connectivity index (χ4v) is 3.25. The van der Waals surface area contributed by atoms with Gasteiger partial charge in [0.2, 0.25) is 5.91 Å². The molecule has 3 rings (SSSR count). The summed E-state index contributed by atoms with van der Waals surface area (Å²) < 4.78 is 7.29. The molecule has 0 bridgehead atoms. The van der Waals surface area contributed by atoms with Crippen molar-refractivity contribution in [2.75, 3.05) is 5.32 Å². The third-order valence-electron chi connectivity index (χ3n) is 3.44. The van der Waals surface area contributed by atoms with Crippen molar-refractivity contribution in [1.29, 1.82) is 0 Å². The van der Waals surface area contributed by atoms with Crippen LogP contribution in [0.15, 0.2) is 46.3 Å². The first-order valence-electron chi connectivity index (χ1n) is 7.65. The molecule has 0 saturated carbocycles. The normalized spacial score (nSPS) is 12.1. The van der Waals surface area contributed by atoms with E-state index in [4.69, 9.17) is 16.0 Å². The van der Waals surface area contributed by atoms with Gasteiger partial charge in [-0.05, 0) is 38.1 Å². The lowest BCUT2D eigenvalue weighted by Gasteiger charge is -2.12. The minimum atomic E-state index is -0.393. The van der Waals surface area contributed by atoms with Crippen LogP contribution in [0.3, 0.4) is 0 Å². The number of pyridine rings is 1. The zero-order valence-electron chi connectivity index (χ0n) is 13.6. The Balaban J connectivity index is 1.74. The molecular formula is C16H16ClN5O2S. The van der Waals surface area contributed by atoms with E-state index in [-0.39, 0.29) is 11.1 Å². The summed E-state index contributed by atoms with van der Waals surface area (Å²) in [6.07, 6.45) is 3.15. The molecule has 0 saturated heterocycles. The summed E-state index contributed by atoms with van der Waals surface area (Å²) in [6, 6.07) is 7.03. The molecular weight excluding hydrogens is 362 g/mol. The SMILES string of the molecule is CCn1c(SC(C)C(=O)Nc2cccnc2Cl)nnc1-c1ccco1. The summed E-state index contributed by atoms with van der Waals surface area (Å²) in [5.41, 5.74) is 0.481. The molecule has 1 unspecified atom stereocenters. The molecule has 0 aromatic carbocycles. The van der Waals surface area contributed by atoms with E-state index in [1.165, 1.54) is 11.8 Å². The zero-order chi connectivity index (χ0) is 17.8. The van der Waals surface area contributed by atoms with Gasteiger partial charge in [0.15, 0.2) is 21.9 Å². The minimum Gasteiger partial charge on any atom is -0.461 e. The van der Waals surface area contributed by atoms with Crippen molar-refractivity contribution in [3.05, 3.63) is 41.9 Å². The Bertz CT molecular complexity index is 865. The molecule has 0 spiro atoms. The average Bonchev–Trinajstić information content (AvgIpc) is 3.25. The first-order chi connectivity index (χ1) is 12.1. The number of carbonyl (C=O) groups is 1. The smallest absolute Gasteiger partial charge is 0.237 e. The number of anilines is 1. The number of hydrogen-bond donors (Lipinski definition) is 1. The van der Waals surface area contributed by atoms with Crippen LogP contribution in [0, 0.1) is 0 Å². The largest absolute Gasteiger partial charge is 0.461 e. The van der Waals surface area contributed by atoms with Crippen LogP contribution >= 0.6 is 23.4 Å². The highest BCUT2D eigenvalue weighted by Gasteiger charge is 2.21. The van der Waals surface area contributed by atoms with E-state index in [0.29, 0.717) is 29.0 Å². The number of amides is 1. The maximum Gasteiger partial charge on any atom is 0.237 e. The molecule has 0 aliphatic carbocycles. The van der Waals surface area contributed by atoms with Gasteiger partial charge in [0.1, 0.15) is 0 Å². The number of aromatic nitrogens is 4. The van der Waals surface area contributed by atoms with Crippen LogP contribution in [0.5, 0.6) is 0 Å². The Hall–Kier alpha value is -2.32. The lowest BCUT2D eigenvalue weighted by atomic mass is 10.4. The van der Waals surface area contributed by atoms with Crippen molar-refractivity contribution in [3.63, 3.8) is 0 Å². The summed E-state index contributed by atoms with van der Waals surface area (Å²) in [5, 5.41) is 11.6. The van der Waals surface area contributed by atoms with Crippen molar-refractivity contribution in [2.24, 2.45) is 0 Å². The second-order valence-corrected chi connectivity index (χ2v) is 6.78. The number of nitrogens with one attached hydrogen (secondary N) is 1. The number of thioether (sulfide) groups is 1. The fourth-order valence-electron chi connectivity index (χ4n) is 2.17. The van der Waals surface area contributed by atoms with E-state index >= 15 is 0 Å². The molecule has 9 heteroatoms. The number of furan rings is 1. The zero-order valence-corrected chi connectivity index (χ0v) is 15.2. The van der Waals surface area contributed by atoms with Crippen LogP contribution in [0.4, 0.5) is 5.69 Å². The van der Waals surface area contributed by atoms with Crippen molar-refractivity contribution >= 4 is 35.0 Å². The van der Waals surface area contributed by atoms with Gasteiger partial charge in [-0.1, -0.05) is 23.4 Å². The topological polar surface area (TPSA) is 85.8 Å². The quantitative estimate of drug-likeness (QED) is 0.520. The van der Waals surface area contributed by atoms with Crippen LogP contribution < -0.4 is 5.32 Å². The van der Waals surface area contributed by atoms with Gasteiger partial charge >= 0.3 is 0 Å². The Morgan fingerprint density at radius 1 is 1.40 bits per heavy atom. The average molecular weight is 378 g/mol. The van der Waals surface area contributed by atoms with Crippen LogP contribution in [-0.4, -0.2) is 30.9 Å². The van der Waals surface area contributed by atoms with Crippen LogP contribution in [0.1, 0.15) is 13.8 Å². The third-order valence-corrected chi connectivity index (χ3v) is 4.82. The number of nitrogens with zero attached hydrogens (tertiary/aromatic N) is 4. The standard InChI is InChI=1S/C16H16ClN5O2S/c1-3-22-14(12-7-5-9-24-12)20-21-16(22)25-10(2)15(23)19-11-6-4-8-18-13(11)17/h4-10H,3H2,1-2H3,(H,19,23). The Morgan fingerprint density at radius 2 is 2.24 bits per heavy atom. The van der Waals surface area contributed by atoms with Gasteiger partial charge < -0.3 is 9.73 Å². The predicted molar refractivity (Wildman–Crippen MR) is 96.6 cm³/mol. The molecule has 3 aromatic heterocycles.